The molecular formula is C17H25N3O. The molecule has 0 aromatic heterocycles. The van der Waals surface area contributed by atoms with Gasteiger partial charge in [-0.05, 0) is 30.4 Å². The number of guanidine groups is 1. The smallest absolute Gasteiger partial charge is 0.196 e. The number of aliphatic imine (C=N–C) groups is 1. The van der Waals surface area contributed by atoms with Crippen LogP contribution in [0.2, 0.25) is 0 Å². The molecule has 21 heavy (non-hydrogen) atoms. The van der Waals surface area contributed by atoms with Crippen LogP contribution in [0, 0.1) is 5.41 Å². The highest BCUT2D eigenvalue weighted by Crippen LogP contribution is 2.51. The molecule has 3 rings (SSSR count). The highest BCUT2D eigenvalue weighted by molar-refractivity contribution is 5.98. The first kappa shape index (κ1) is 14.2. The molecule has 1 aromatic rings. The number of benzene rings is 1. The first-order chi connectivity index (χ1) is 10.00. The molecule has 1 aliphatic carbocycles. The highest BCUT2D eigenvalue weighted by atomic mass is 16.5. The molecule has 4 heteroatoms. The summed E-state index contributed by atoms with van der Waals surface area (Å²) in [7, 11) is 1.70. The minimum absolute atomic E-state index is 0.00168. The van der Waals surface area contributed by atoms with Gasteiger partial charge in [-0.1, -0.05) is 32.8 Å². The Morgan fingerprint density at radius 3 is 2.71 bits per heavy atom. The van der Waals surface area contributed by atoms with Gasteiger partial charge in [0.15, 0.2) is 5.96 Å². The molecule has 1 aromatic carbocycles. The number of rotatable bonds is 2. The van der Waals surface area contributed by atoms with Crippen molar-refractivity contribution < 1.29 is 4.74 Å². The number of anilines is 1. The molecule has 0 radical (unpaired) electrons. The fourth-order valence-electron chi connectivity index (χ4n) is 3.96. The minimum Gasteiger partial charge on any atom is -0.497 e. The quantitative estimate of drug-likeness (QED) is 0.909. The number of ether oxygens (including phenoxy) is 1. The van der Waals surface area contributed by atoms with Crippen molar-refractivity contribution in [3.8, 4) is 5.75 Å². The standard InChI is InChI=1S/C17H25N3O/c1-16(2)9-4-5-10-17(16)12-19-15(18)20(17)13-7-6-8-14(11-13)21-3/h6-8,11H,4-5,9-10,12H2,1-3H3,(H2,18,19). The topological polar surface area (TPSA) is 50.9 Å². The molecule has 114 valence electrons. The van der Waals surface area contributed by atoms with Gasteiger partial charge in [0.1, 0.15) is 5.75 Å². The fourth-order valence-corrected chi connectivity index (χ4v) is 3.96. The van der Waals surface area contributed by atoms with Crippen molar-refractivity contribution in [2.75, 3.05) is 18.6 Å². The Labute approximate surface area is 127 Å². The summed E-state index contributed by atoms with van der Waals surface area (Å²) in [6.45, 7) is 5.50. The third kappa shape index (κ3) is 2.08. The van der Waals surface area contributed by atoms with Crippen LogP contribution in [0.15, 0.2) is 29.3 Å². The van der Waals surface area contributed by atoms with Crippen LogP contribution in [-0.4, -0.2) is 25.2 Å². The van der Waals surface area contributed by atoms with Crippen LogP contribution in [-0.2, 0) is 0 Å². The third-order valence-electron chi connectivity index (χ3n) is 5.37. The molecule has 0 amide bonds. The predicted molar refractivity (Wildman–Crippen MR) is 86.9 cm³/mol. The normalized spacial score (nSPS) is 27.8. The third-order valence-corrected chi connectivity index (χ3v) is 5.37. The minimum atomic E-state index is 0.00168. The Morgan fingerprint density at radius 2 is 2.00 bits per heavy atom. The van der Waals surface area contributed by atoms with E-state index in [2.05, 4.69) is 35.9 Å². The summed E-state index contributed by atoms with van der Waals surface area (Å²) >= 11 is 0. The van der Waals surface area contributed by atoms with E-state index in [0.717, 1.165) is 24.4 Å². The highest BCUT2D eigenvalue weighted by Gasteiger charge is 2.54. The van der Waals surface area contributed by atoms with E-state index in [1.54, 1.807) is 7.11 Å². The van der Waals surface area contributed by atoms with E-state index < -0.39 is 0 Å². The van der Waals surface area contributed by atoms with Gasteiger partial charge < -0.3 is 15.4 Å². The molecule has 2 N–H and O–H groups in total. The zero-order valence-electron chi connectivity index (χ0n) is 13.2. The van der Waals surface area contributed by atoms with Crippen LogP contribution in [0.5, 0.6) is 5.75 Å². The van der Waals surface area contributed by atoms with Gasteiger partial charge in [0, 0.05) is 11.8 Å². The molecule has 1 atom stereocenters. The lowest BCUT2D eigenvalue weighted by atomic mass is 9.62. The number of nitrogens with two attached hydrogens (primary N) is 1. The van der Waals surface area contributed by atoms with E-state index in [4.69, 9.17) is 10.5 Å². The van der Waals surface area contributed by atoms with E-state index in [-0.39, 0.29) is 11.0 Å². The fraction of sp³-hybridized carbons (Fsp3) is 0.588. The maximum absolute atomic E-state index is 6.26. The Balaban J connectivity index is 2.06. The first-order valence-electron chi connectivity index (χ1n) is 7.74. The van der Waals surface area contributed by atoms with E-state index in [0.29, 0.717) is 5.96 Å². The number of methoxy groups -OCH3 is 1. The van der Waals surface area contributed by atoms with Gasteiger partial charge in [0.05, 0.1) is 19.2 Å². The van der Waals surface area contributed by atoms with Crippen molar-refractivity contribution in [2.45, 2.75) is 45.1 Å². The van der Waals surface area contributed by atoms with Crippen LogP contribution >= 0.6 is 0 Å². The lowest BCUT2D eigenvalue weighted by Gasteiger charge is -2.53. The Morgan fingerprint density at radius 1 is 1.24 bits per heavy atom. The van der Waals surface area contributed by atoms with Crippen LogP contribution in [0.4, 0.5) is 5.69 Å². The average molecular weight is 287 g/mol. The van der Waals surface area contributed by atoms with E-state index in [1.807, 2.05) is 12.1 Å². The largest absolute Gasteiger partial charge is 0.497 e. The number of hydrogen-bond acceptors (Lipinski definition) is 4. The Kier molecular flexibility index (Phi) is 3.34. The summed E-state index contributed by atoms with van der Waals surface area (Å²) in [6, 6.07) is 8.14. The molecule has 0 bridgehead atoms. The second kappa shape index (κ2) is 4.93. The van der Waals surface area contributed by atoms with Gasteiger partial charge in [0.25, 0.3) is 0 Å². The molecule has 4 nitrogen and oxygen atoms in total. The van der Waals surface area contributed by atoms with Gasteiger partial charge >= 0.3 is 0 Å². The van der Waals surface area contributed by atoms with Crippen molar-refractivity contribution in [1.29, 1.82) is 0 Å². The number of nitrogens with zero attached hydrogens (tertiary/aromatic N) is 2. The van der Waals surface area contributed by atoms with Gasteiger partial charge in [-0.2, -0.15) is 0 Å². The summed E-state index contributed by atoms with van der Waals surface area (Å²) in [5.74, 6) is 1.49. The predicted octanol–water partition coefficient (Wildman–Crippen LogP) is 3.17. The van der Waals surface area contributed by atoms with Crippen LogP contribution in [0.25, 0.3) is 0 Å². The molecule has 1 heterocycles. The summed E-state index contributed by atoms with van der Waals surface area (Å²) in [6.07, 6.45) is 4.89. The van der Waals surface area contributed by atoms with Crippen molar-refractivity contribution in [3.05, 3.63) is 24.3 Å². The summed E-state index contributed by atoms with van der Waals surface area (Å²) in [4.78, 5) is 6.86. The van der Waals surface area contributed by atoms with Gasteiger partial charge in [0.2, 0.25) is 0 Å². The van der Waals surface area contributed by atoms with Gasteiger partial charge in [-0.15, -0.1) is 0 Å². The molecule has 1 fully saturated rings. The van der Waals surface area contributed by atoms with E-state index in [1.165, 1.54) is 19.3 Å². The van der Waals surface area contributed by atoms with Crippen molar-refractivity contribution in [1.82, 2.24) is 0 Å². The summed E-state index contributed by atoms with van der Waals surface area (Å²) < 4.78 is 5.37. The van der Waals surface area contributed by atoms with Crippen LogP contribution in [0.3, 0.4) is 0 Å². The Hall–Kier alpha value is -1.71. The summed E-state index contributed by atoms with van der Waals surface area (Å²) in [5.41, 5.74) is 7.55. The van der Waals surface area contributed by atoms with Gasteiger partial charge in [-0.3, -0.25) is 4.99 Å². The van der Waals surface area contributed by atoms with Gasteiger partial charge in [-0.25, -0.2) is 0 Å². The average Bonchev–Trinajstić information content (AvgIpc) is 2.81. The van der Waals surface area contributed by atoms with Crippen LogP contribution in [0.1, 0.15) is 39.5 Å². The van der Waals surface area contributed by atoms with E-state index >= 15 is 0 Å². The second-order valence-corrected chi connectivity index (χ2v) is 6.83. The zero-order chi connectivity index (χ0) is 15.1. The zero-order valence-corrected chi connectivity index (χ0v) is 13.2. The molecule has 0 saturated heterocycles. The molecule has 2 aliphatic rings. The SMILES string of the molecule is COc1cccc(N2C(N)=NCC23CCCCC3(C)C)c1. The van der Waals surface area contributed by atoms with E-state index in [9.17, 15) is 0 Å². The molecule has 1 spiro atoms. The van der Waals surface area contributed by atoms with Crippen molar-refractivity contribution in [2.24, 2.45) is 16.1 Å². The maximum atomic E-state index is 6.26. The molecule has 1 saturated carbocycles. The lowest BCUT2D eigenvalue weighted by Crippen LogP contribution is -2.61. The van der Waals surface area contributed by atoms with Crippen molar-refractivity contribution in [3.63, 3.8) is 0 Å². The molecule has 1 unspecified atom stereocenters. The monoisotopic (exact) mass is 287 g/mol. The van der Waals surface area contributed by atoms with Crippen LogP contribution < -0.4 is 15.4 Å². The second-order valence-electron chi connectivity index (χ2n) is 6.83. The Bertz CT molecular complexity index is 567. The maximum Gasteiger partial charge on any atom is 0.196 e. The molecular weight excluding hydrogens is 262 g/mol. The lowest BCUT2D eigenvalue weighted by molar-refractivity contribution is 0.115. The molecule has 1 aliphatic heterocycles. The van der Waals surface area contributed by atoms with Crippen molar-refractivity contribution >= 4 is 11.6 Å². The number of hydrogen-bond donors (Lipinski definition) is 1. The first-order valence-corrected chi connectivity index (χ1v) is 7.74. The summed E-state index contributed by atoms with van der Waals surface area (Å²) in [5, 5.41) is 0.